The predicted molar refractivity (Wildman–Crippen MR) is 116 cm³/mol. The maximum absolute atomic E-state index is 12.2. The summed E-state index contributed by atoms with van der Waals surface area (Å²) >= 11 is 0. The average Bonchev–Trinajstić information content (AvgIpc) is 3.26. The standard InChI is InChI=1S/C22H23N5O5/c1-22(2,3)16-9-7-14(8-10-16)18-25-21(32-26-18)20(29)24-12-11-23-19(28)15-5-4-6-17(13-15)27(30)31/h4-10,13H,11-12H2,1-3H3,(H,23,28)(H,24,29). The number of benzene rings is 2. The van der Waals surface area contributed by atoms with Gasteiger partial charge in [-0.25, -0.2) is 0 Å². The monoisotopic (exact) mass is 437 g/mol. The molecule has 2 aromatic carbocycles. The highest BCUT2D eigenvalue weighted by Gasteiger charge is 2.18. The fourth-order valence-corrected chi connectivity index (χ4v) is 2.84. The molecule has 0 radical (unpaired) electrons. The minimum Gasteiger partial charge on any atom is -0.350 e. The molecule has 0 unspecified atom stereocenters. The SMILES string of the molecule is CC(C)(C)c1ccc(-c2noc(C(=O)NCCNC(=O)c3cccc([N+](=O)[O-])c3)n2)cc1. The van der Waals surface area contributed by atoms with Crippen molar-refractivity contribution in [2.75, 3.05) is 13.1 Å². The number of nitro benzene ring substituents is 1. The molecule has 0 saturated heterocycles. The first kappa shape index (κ1) is 22.6. The van der Waals surface area contributed by atoms with Gasteiger partial charge in [0.25, 0.3) is 11.6 Å². The summed E-state index contributed by atoms with van der Waals surface area (Å²) < 4.78 is 5.04. The summed E-state index contributed by atoms with van der Waals surface area (Å²) in [5.74, 6) is -0.944. The lowest BCUT2D eigenvalue weighted by molar-refractivity contribution is -0.384. The third-order valence-corrected chi connectivity index (χ3v) is 4.64. The van der Waals surface area contributed by atoms with E-state index in [-0.39, 0.29) is 35.6 Å². The van der Waals surface area contributed by atoms with Gasteiger partial charge in [-0.1, -0.05) is 56.3 Å². The van der Waals surface area contributed by atoms with E-state index in [0.29, 0.717) is 5.82 Å². The van der Waals surface area contributed by atoms with E-state index < -0.39 is 16.7 Å². The molecule has 166 valence electrons. The van der Waals surface area contributed by atoms with Crippen molar-refractivity contribution in [1.29, 1.82) is 0 Å². The van der Waals surface area contributed by atoms with Crippen LogP contribution in [-0.4, -0.2) is 40.0 Å². The summed E-state index contributed by atoms with van der Waals surface area (Å²) in [6.45, 7) is 6.57. The van der Waals surface area contributed by atoms with Crippen molar-refractivity contribution in [1.82, 2.24) is 20.8 Å². The Labute approximate surface area is 184 Å². The Bertz CT molecular complexity index is 1130. The highest BCUT2D eigenvalue weighted by atomic mass is 16.6. The van der Waals surface area contributed by atoms with Gasteiger partial charge in [0.2, 0.25) is 5.82 Å². The van der Waals surface area contributed by atoms with Crippen molar-refractivity contribution in [3.63, 3.8) is 0 Å². The maximum Gasteiger partial charge on any atom is 0.316 e. The second-order valence-electron chi connectivity index (χ2n) is 8.07. The van der Waals surface area contributed by atoms with Crippen LogP contribution in [0.3, 0.4) is 0 Å². The molecule has 3 aromatic rings. The number of rotatable bonds is 7. The van der Waals surface area contributed by atoms with Gasteiger partial charge in [0.05, 0.1) is 4.92 Å². The zero-order chi connectivity index (χ0) is 23.3. The van der Waals surface area contributed by atoms with Crippen LogP contribution in [0.1, 0.15) is 47.4 Å². The van der Waals surface area contributed by atoms with Crippen molar-refractivity contribution < 1.29 is 19.0 Å². The van der Waals surface area contributed by atoms with Crippen LogP contribution in [0.25, 0.3) is 11.4 Å². The van der Waals surface area contributed by atoms with Gasteiger partial charge in [0.1, 0.15) is 0 Å². The molecule has 0 aliphatic heterocycles. The first-order chi connectivity index (χ1) is 15.1. The van der Waals surface area contributed by atoms with Crippen LogP contribution >= 0.6 is 0 Å². The molecule has 0 aliphatic rings. The van der Waals surface area contributed by atoms with Gasteiger partial charge in [-0.05, 0) is 17.0 Å². The van der Waals surface area contributed by atoms with Gasteiger partial charge in [-0.2, -0.15) is 4.98 Å². The van der Waals surface area contributed by atoms with Crippen molar-refractivity contribution in [2.45, 2.75) is 26.2 Å². The van der Waals surface area contributed by atoms with E-state index in [2.05, 4.69) is 41.5 Å². The molecular formula is C22H23N5O5. The van der Waals surface area contributed by atoms with E-state index >= 15 is 0 Å². The lowest BCUT2D eigenvalue weighted by Gasteiger charge is -2.18. The fraction of sp³-hybridized carbons (Fsp3) is 0.273. The first-order valence-electron chi connectivity index (χ1n) is 9.90. The lowest BCUT2D eigenvalue weighted by Crippen LogP contribution is -2.34. The molecular weight excluding hydrogens is 414 g/mol. The zero-order valence-electron chi connectivity index (χ0n) is 17.9. The first-order valence-corrected chi connectivity index (χ1v) is 9.90. The minimum absolute atomic E-state index is 0.0193. The van der Waals surface area contributed by atoms with Crippen molar-refractivity contribution >= 4 is 17.5 Å². The molecule has 0 bridgehead atoms. The lowest BCUT2D eigenvalue weighted by atomic mass is 9.87. The second-order valence-corrected chi connectivity index (χ2v) is 8.07. The molecule has 2 N–H and O–H groups in total. The predicted octanol–water partition coefficient (Wildman–Crippen LogP) is 3.10. The van der Waals surface area contributed by atoms with Gasteiger partial charge in [0, 0.05) is 36.3 Å². The van der Waals surface area contributed by atoms with Gasteiger partial charge < -0.3 is 15.2 Å². The van der Waals surface area contributed by atoms with Gasteiger partial charge in [0.15, 0.2) is 0 Å². The number of aromatic nitrogens is 2. The van der Waals surface area contributed by atoms with Crippen molar-refractivity contribution in [3.8, 4) is 11.4 Å². The third-order valence-electron chi connectivity index (χ3n) is 4.64. The quantitative estimate of drug-likeness (QED) is 0.329. The normalized spacial score (nSPS) is 11.1. The van der Waals surface area contributed by atoms with E-state index in [0.717, 1.165) is 11.1 Å². The average molecular weight is 437 g/mol. The number of amides is 2. The topological polar surface area (TPSA) is 140 Å². The number of nitrogens with one attached hydrogen (secondary N) is 2. The number of nitro groups is 1. The van der Waals surface area contributed by atoms with Gasteiger partial charge in [-0.15, -0.1) is 0 Å². The van der Waals surface area contributed by atoms with Gasteiger partial charge in [-0.3, -0.25) is 19.7 Å². The van der Waals surface area contributed by atoms with Crippen LogP contribution in [0.15, 0.2) is 53.1 Å². The van der Waals surface area contributed by atoms with Crippen LogP contribution in [-0.2, 0) is 5.41 Å². The molecule has 10 nitrogen and oxygen atoms in total. The van der Waals surface area contributed by atoms with Crippen LogP contribution in [0.2, 0.25) is 0 Å². The Kier molecular flexibility index (Phi) is 6.62. The summed E-state index contributed by atoms with van der Waals surface area (Å²) in [7, 11) is 0. The maximum atomic E-state index is 12.2. The van der Waals surface area contributed by atoms with E-state index in [4.69, 9.17) is 4.52 Å². The van der Waals surface area contributed by atoms with Crippen LogP contribution in [0.4, 0.5) is 5.69 Å². The Balaban J connectivity index is 1.51. The Morgan fingerprint density at radius 1 is 1.03 bits per heavy atom. The summed E-state index contributed by atoms with van der Waals surface area (Å²) in [5, 5.41) is 19.8. The smallest absolute Gasteiger partial charge is 0.316 e. The molecule has 0 saturated carbocycles. The van der Waals surface area contributed by atoms with Crippen molar-refractivity contribution in [3.05, 3.63) is 75.7 Å². The molecule has 3 rings (SSSR count). The Hall–Kier alpha value is -4.08. The summed E-state index contributed by atoms with van der Waals surface area (Å²) in [6, 6.07) is 13.1. The van der Waals surface area contributed by atoms with E-state index in [1.54, 1.807) is 0 Å². The zero-order valence-corrected chi connectivity index (χ0v) is 17.9. The second kappa shape index (κ2) is 9.38. The summed E-state index contributed by atoms with van der Waals surface area (Å²) in [4.78, 5) is 38.7. The van der Waals surface area contributed by atoms with Crippen molar-refractivity contribution in [2.24, 2.45) is 0 Å². The molecule has 1 aromatic heterocycles. The largest absolute Gasteiger partial charge is 0.350 e. The molecule has 2 amide bonds. The number of non-ortho nitro benzene ring substituents is 1. The number of nitrogens with zero attached hydrogens (tertiary/aromatic N) is 3. The molecule has 0 spiro atoms. The summed E-state index contributed by atoms with van der Waals surface area (Å²) in [6.07, 6.45) is 0. The number of carbonyl (C=O) groups is 2. The van der Waals surface area contributed by atoms with Crippen LogP contribution in [0.5, 0.6) is 0 Å². The van der Waals surface area contributed by atoms with Gasteiger partial charge >= 0.3 is 11.8 Å². The molecule has 0 fully saturated rings. The fourth-order valence-electron chi connectivity index (χ4n) is 2.84. The highest BCUT2D eigenvalue weighted by Crippen LogP contribution is 2.25. The number of carbonyl (C=O) groups excluding carboxylic acids is 2. The van der Waals surface area contributed by atoms with E-state index in [1.807, 2.05) is 24.3 Å². The molecule has 1 heterocycles. The number of hydrogen-bond donors (Lipinski definition) is 2. The van der Waals surface area contributed by atoms with E-state index in [1.165, 1.54) is 24.3 Å². The Morgan fingerprint density at radius 3 is 2.31 bits per heavy atom. The molecule has 32 heavy (non-hydrogen) atoms. The number of hydrogen-bond acceptors (Lipinski definition) is 7. The third kappa shape index (κ3) is 5.54. The van der Waals surface area contributed by atoms with E-state index in [9.17, 15) is 19.7 Å². The van der Waals surface area contributed by atoms with Crippen LogP contribution in [0, 0.1) is 10.1 Å². The highest BCUT2D eigenvalue weighted by molar-refractivity contribution is 5.95. The molecule has 0 atom stereocenters. The molecule has 10 heteroatoms. The van der Waals surface area contributed by atoms with Crippen LogP contribution < -0.4 is 10.6 Å². The molecule has 0 aliphatic carbocycles. The minimum atomic E-state index is -0.575. The Morgan fingerprint density at radius 2 is 1.69 bits per heavy atom. The summed E-state index contributed by atoms with van der Waals surface area (Å²) in [5.41, 5.74) is 1.89.